The molecular formula is C21H28N4O3. The molecule has 1 saturated heterocycles. The van der Waals surface area contributed by atoms with Gasteiger partial charge in [-0.15, -0.1) is 5.10 Å². The van der Waals surface area contributed by atoms with Crippen LogP contribution in [0.2, 0.25) is 0 Å². The molecule has 28 heavy (non-hydrogen) atoms. The molecule has 0 spiro atoms. The maximum Gasteiger partial charge on any atom is 0.276 e. The molecule has 1 aliphatic heterocycles. The van der Waals surface area contributed by atoms with Crippen LogP contribution >= 0.6 is 0 Å². The molecular weight excluding hydrogens is 356 g/mol. The van der Waals surface area contributed by atoms with E-state index in [-0.39, 0.29) is 11.8 Å². The van der Waals surface area contributed by atoms with Crippen molar-refractivity contribution >= 4 is 5.91 Å². The van der Waals surface area contributed by atoms with Crippen molar-refractivity contribution in [3.05, 3.63) is 35.7 Å². The van der Waals surface area contributed by atoms with E-state index in [0.717, 1.165) is 36.3 Å². The summed E-state index contributed by atoms with van der Waals surface area (Å²) in [6, 6.07) is 6.21. The number of benzene rings is 1. The quantitative estimate of drug-likeness (QED) is 0.790. The monoisotopic (exact) mass is 384 g/mol. The van der Waals surface area contributed by atoms with Crippen molar-refractivity contribution in [1.29, 1.82) is 0 Å². The number of methoxy groups -OCH3 is 2. The highest BCUT2D eigenvalue weighted by Crippen LogP contribution is 2.36. The number of nitrogens with zero attached hydrogens (tertiary/aromatic N) is 4. The number of ether oxygens (including phenoxy) is 2. The van der Waals surface area contributed by atoms with Gasteiger partial charge in [-0.1, -0.05) is 24.5 Å². The molecule has 2 aromatic rings. The molecule has 0 radical (unpaired) electrons. The van der Waals surface area contributed by atoms with Crippen molar-refractivity contribution in [3.8, 4) is 11.5 Å². The van der Waals surface area contributed by atoms with E-state index in [1.165, 1.54) is 19.3 Å². The molecule has 150 valence electrons. The van der Waals surface area contributed by atoms with Crippen LogP contribution in [0.15, 0.2) is 24.4 Å². The summed E-state index contributed by atoms with van der Waals surface area (Å²) >= 11 is 0. The number of likely N-dealkylation sites (tertiary alicyclic amines) is 1. The van der Waals surface area contributed by atoms with Crippen LogP contribution in [0.25, 0.3) is 0 Å². The second kappa shape index (κ2) is 8.20. The van der Waals surface area contributed by atoms with Crippen molar-refractivity contribution < 1.29 is 14.3 Å². The predicted octanol–water partition coefficient (Wildman–Crippen LogP) is 3.43. The maximum atomic E-state index is 13.0. The van der Waals surface area contributed by atoms with E-state index in [0.29, 0.717) is 24.8 Å². The van der Waals surface area contributed by atoms with Gasteiger partial charge in [0, 0.05) is 24.6 Å². The SMILES string of the molecule is COc1ccc(OC)c([C@H]2CCN(C(=O)c3cn(C4CCCCC4)nn3)C2)c1. The summed E-state index contributed by atoms with van der Waals surface area (Å²) in [5, 5.41) is 8.41. The number of carbonyl (C=O) groups is 1. The normalized spacial score (nSPS) is 20.4. The Balaban J connectivity index is 1.46. The van der Waals surface area contributed by atoms with Gasteiger partial charge in [-0.3, -0.25) is 4.79 Å². The summed E-state index contributed by atoms with van der Waals surface area (Å²) in [5.74, 6) is 1.83. The minimum absolute atomic E-state index is 0.0357. The Morgan fingerprint density at radius 2 is 1.93 bits per heavy atom. The average Bonchev–Trinajstić information content (AvgIpc) is 3.43. The molecule has 1 aromatic carbocycles. The van der Waals surface area contributed by atoms with Crippen LogP contribution in [0, 0.1) is 0 Å². The first-order chi connectivity index (χ1) is 13.7. The lowest BCUT2D eigenvalue weighted by Gasteiger charge is -2.21. The van der Waals surface area contributed by atoms with Gasteiger partial charge in [0.25, 0.3) is 5.91 Å². The van der Waals surface area contributed by atoms with Crippen LogP contribution < -0.4 is 9.47 Å². The first-order valence-electron chi connectivity index (χ1n) is 10.1. The lowest BCUT2D eigenvalue weighted by atomic mass is 9.96. The van der Waals surface area contributed by atoms with E-state index < -0.39 is 0 Å². The van der Waals surface area contributed by atoms with E-state index in [9.17, 15) is 4.79 Å². The van der Waals surface area contributed by atoms with E-state index in [1.54, 1.807) is 14.2 Å². The average molecular weight is 384 g/mol. The third-order valence-corrected chi connectivity index (χ3v) is 6.03. The van der Waals surface area contributed by atoms with Crippen LogP contribution in [0.3, 0.4) is 0 Å². The van der Waals surface area contributed by atoms with Crippen LogP contribution in [0.1, 0.15) is 66.5 Å². The van der Waals surface area contributed by atoms with Gasteiger partial charge in [-0.25, -0.2) is 4.68 Å². The molecule has 7 heteroatoms. The third-order valence-electron chi connectivity index (χ3n) is 6.03. The first-order valence-corrected chi connectivity index (χ1v) is 10.1. The van der Waals surface area contributed by atoms with Crippen LogP contribution in [-0.2, 0) is 0 Å². The minimum atomic E-state index is -0.0357. The molecule has 0 bridgehead atoms. The zero-order chi connectivity index (χ0) is 19.5. The van der Waals surface area contributed by atoms with Gasteiger partial charge >= 0.3 is 0 Å². The van der Waals surface area contributed by atoms with Gasteiger partial charge in [0.05, 0.1) is 26.5 Å². The molecule has 7 nitrogen and oxygen atoms in total. The Labute approximate surface area is 165 Å². The van der Waals surface area contributed by atoms with Crippen molar-refractivity contribution in [2.24, 2.45) is 0 Å². The number of rotatable bonds is 5. The van der Waals surface area contributed by atoms with Crippen LogP contribution in [0.5, 0.6) is 11.5 Å². The van der Waals surface area contributed by atoms with Crippen molar-refractivity contribution in [1.82, 2.24) is 19.9 Å². The van der Waals surface area contributed by atoms with Gasteiger partial charge in [0.15, 0.2) is 5.69 Å². The largest absolute Gasteiger partial charge is 0.497 e. The highest BCUT2D eigenvalue weighted by Gasteiger charge is 2.31. The third kappa shape index (κ3) is 3.70. The molecule has 0 unspecified atom stereocenters. The number of hydrogen-bond donors (Lipinski definition) is 0. The summed E-state index contributed by atoms with van der Waals surface area (Å²) < 4.78 is 12.8. The second-order valence-electron chi connectivity index (χ2n) is 7.72. The Hall–Kier alpha value is -2.57. The molecule has 1 atom stereocenters. The van der Waals surface area contributed by atoms with Gasteiger partial charge in [-0.2, -0.15) is 0 Å². The Kier molecular flexibility index (Phi) is 5.50. The number of carbonyl (C=O) groups excluding carboxylic acids is 1. The smallest absolute Gasteiger partial charge is 0.276 e. The van der Waals surface area contributed by atoms with E-state index in [4.69, 9.17) is 9.47 Å². The van der Waals surface area contributed by atoms with Crippen molar-refractivity contribution in [2.45, 2.75) is 50.5 Å². The lowest BCUT2D eigenvalue weighted by Crippen LogP contribution is -2.28. The fourth-order valence-corrected chi connectivity index (χ4v) is 4.42. The van der Waals surface area contributed by atoms with Crippen LogP contribution in [-0.4, -0.2) is 53.1 Å². The second-order valence-corrected chi connectivity index (χ2v) is 7.72. The summed E-state index contributed by atoms with van der Waals surface area (Å²) in [4.78, 5) is 14.8. The highest BCUT2D eigenvalue weighted by atomic mass is 16.5. The molecule has 2 heterocycles. The van der Waals surface area contributed by atoms with Gasteiger partial charge < -0.3 is 14.4 Å². The molecule has 1 amide bonds. The Morgan fingerprint density at radius 3 is 2.68 bits per heavy atom. The first kappa shape index (κ1) is 18.8. The molecule has 1 aromatic heterocycles. The van der Waals surface area contributed by atoms with E-state index in [2.05, 4.69) is 10.3 Å². The van der Waals surface area contributed by atoms with Gasteiger partial charge in [-0.05, 0) is 37.5 Å². The number of aromatic nitrogens is 3. The van der Waals surface area contributed by atoms with Gasteiger partial charge in [0.2, 0.25) is 0 Å². The topological polar surface area (TPSA) is 69.5 Å². The fourth-order valence-electron chi connectivity index (χ4n) is 4.42. The summed E-state index contributed by atoms with van der Waals surface area (Å²) in [6.45, 7) is 1.36. The summed E-state index contributed by atoms with van der Waals surface area (Å²) in [5.41, 5.74) is 1.53. The fraction of sp³-hybridized carbons (Fsp3) is 0.571. The van der Waals surface area contributed by atoms with Crippen molar-refractivity contribution in [3.63, 3.8) is 0 Å². The molecule has 4 rings (SSSR count). The molecule has 1 saturated carbocycles. The summed E-state index contributed by atoms with van der Waals surface area (Å²) in [7, 11) is 3.33. The van der Waals surface area contributed by atoms with E-state index >= 15 is 0 Å². The highest BCUT2D eigenvalue weighted by molar-refractivity contribution is 5.92. The summed E-state index contributed by atoms with van der Waals surface area (Å²) in [6.07, 6.45) is 8.72. The lowest BCUT2D eigenvalue weighted by molar-refractivity contribution is 0.0784. The molecule has 2 fully saturated rings. The molecule has 1 aliphatic carbocycles. The Bertz CT molecular complexity index is 829. The standard InChI is InChI=1S/C21H28N4O3/c1-27-17-8-9-20(28-2)18(12-17)15-10-11-24(13-15)21(26)19-14-25(23-22-19)16-6-4-3-5-7-16/h8-9,12,14-16H,3-7,10-11,13H2,1-2H3/t15-/m0/s1. The zero-order valence-corrected chi connectivity index (χ0v) is 16.6. The van der Waals surface area contributed by atoms with Crippen molar-refractivity contribution in [2.75, 3.05) is 27.3 Å². The zero-order valence-electron chi connectivity index (χ0n) is 16.6. The number of hydrogen-bond acceptors (Lipinski definition) is 5. The van der Waals surface area contributed by atoms with E-state index in [1.807, 2.05) is 34.0 Å². The van der Waals surface area contributed by atoms with Crippen LogP contribution in [0.4, 0.5) is 0 Å². The Morgan fingerprint density at radius 1 is 1.11 bits per heavy atom. The molecule has 0 N–H and O–H groups in total. The van der Waals surface area contributed by atoms with Gasteiger partial charge in [0.1, 0.15) is 11.5 Å². The minimum Gasteiger partial charge on any atom is -0.497 e. The maximum absolute atomic E-state index is 13.0. The molecule has 2 aliphatic rings. The predicted molar refractivity (Wildman–Crippen MR) is 105 cm³/mol. The number of amides is 1.